The molecule has 12 heavy (non-hydrogen) atoms. The van der Waals surface area contributed by atoms with Gasteiger partial charge in [0.2, 0.25) is 0 Å². The first-order valence-corrected chi connectivity index (χ1v) is 3.47. The molecule has 0 aliphatic carbocycles. The third kappa shape index (κ3) is 1.50. The number of hydrogen-bond donors (Lipinski definition) is 2. The average molecular weight is 164 g/mol. The lowest BCUT2D eigenvalue weighted by atomic mass is 10.1. The first-order chi connectivity index (χ1) is 5.79. The Kier molecular flexibility index (Phi) is 2.58. The smallest absolute Gasteiger partial charge is 0.131 e. The number of nitrogens with one attached hydrogen (secondary N) is 1. The van der Waals surface area contributed by atoms with Gasteiger partial charge in [0.05, 0.1) is 0 Å². The van der Waals surface area contributed by atoms with Crippen LogP contribution in [0.3, 0.4) is 0 Å². The van der Waals surface area contributed by atoms with Crippen LogP contribution in [0.4, 0.5) is 4.39 Å². The third-order valence-electron chi connectivity index (χ3n) is 1.52. The zero-order valence-electron chi connectivity index (χ0n) is 6.42. The van der Waals surface area contributed by atoms with Crippen LogP contribution in [0.25, 0.3) is 5.57 Å². The summed E-state index contributed by atoms with van der Waals surface area (Å²) in [4.78, 5) is 0. The van der Waals surface area contributed by atoms with Gasteiger partial charge in [-0.1, -0.05) is 18.2 Å². The second-order valence-corrected chi connectivity index (χ2v) is 2.25. The zero-order valence-corrected chi connectivity index (χ0v) is 6.42. The van der Waals surface area contributed by atoms with Crippen molar-refractivity contribution < 1.29 is 4.39 Å². The molecular weight excluding hydrogens is 155 g/mol. The zero-order chi connectivity index (χ0) is 8.97. The molecule has 1 aromatic rings. The molecule has 0 atom stereocenters. The van der Waals surface area contributed by atoms with Crippen molar-refractivity contribution in [1.82, 2.24) is 0 Å². The first-order valence-electron chi connectivity index (χ1n) is 3.47. The van der Waals surface area contributed by atoms with Crippen LogP contribution in [0.15, 0.2) is 30.5 Å². The number of rotatable bonds is 2. The Bertz CT molecular complexity index is 318. The lowest BCUT2D eigenvalue weighted by Crippen LogP contribution is -1.93. The molecule has 1 aromatic carbocycles. The quantitative estimate of drug-likeness (QED) is 0.643. The summed E-state index contributed by atoms with van der Waals surface area (Å²) in [6.07, 6.45) is 2.24. The minimum Gasteiger partial charge on any atom is -0.404 e. The largest absolute Gasteiger partial charge is 0.404 e. The minimum absolute atomic E-state index is 0.356. The molecule has 62 valence electrons. The number of halogens is 1. The molecule has 0 aliphatic rings. The van der Waals surface area contributed by atoms with Crippen LogP contribution in [0, 0.1) is 11.2 Å². The van der Waals surface area contributed by atoms with Crippen LogP contribution < -0.4 is 5.73 Å². The molecule has 1 rings (SSSR count). The van der Waals surface area contributed by atoms with Crippen molar-refractivity contribution >= 4 is 11.8 Å². The summed E-state index contributed by atoms with van der Waals surface area (Å²) in [5.41, 5.74) is 5.94. The number of allylic oxidation sites excluding steroid dienone is 1. The Morgan fingerprint density at radius 2 is 2.08 bits per heavy atom. The van der Waals surface area contributed by atoms with Crippen molar-refractivity contribution in [2.24, 2.45) is 5.73 Å². The van der Waals surface area contributed by atoms with E-state index in [1.807, 2.05) is 0 Å². The predicted octanol–water partition coefficient (Wildman–Crippen LogP) is 1.77. The van der Waals surface area contributed by atoms with Crippen LogP contribution in [0.1, 0.15) is 5.56 Å². The van der Waals surface area contributed by atoms with E-state index in [0.29, 0.717) is 11.1 Å². The summed E-state index contributed by atoms with van der Waals surface area (Å²) >= 11 is 0. The molecule has 0 heterocycles. The monoisotopic (exact) mass is 164 g/mol. The van der Waals surface area contributed by atoms with Crippen molar-refractivity contribution in [3.8, 4) is 0 Å². The van der Waals surface area contributed by atoms with Crippen molar-refractivity contribution in [2.75, 3.05) is 0 Å². The molecule has 0 bridgehead atoms. The third-order valence-corrected chi connectivity index (χ3v) is 1.52. The molecule has 0 unspecified atom stereocenters. The Hall–Kier alpha value is -1.64. The van der Waals surface area contributed by atoms with E-state index in [4.69, 9.17) is 11.1 Å². The van der Waals surface area contributed by atoms with Crippen LogP contribution >= 0.6 is 0 Å². The highest BCUT2D eigenvalue weighted by molar-refractivity contribution is 6.08. The van der Waals surface area contributed by atoms with Crippen LogP contribution in [0.2, 0.25) is 0 Å². The van der Waals surface area contributed by atoms with E-state index in [-0.39, 0.29) is 5.82 Å². The highest BCUT2D eigenvalue weighted by Crippen LogP contribution is 2.14. The van der Waals surface area contributed by atoms with Crippen molar-refractivity contribution in [1.29, 1.82) is 5.41 Å². The Morgan fingerprint density at radius 3 is 2.58 bits per heavy atom. The summed E-state index contributed by atoms with van der Waals surface area (Å²) < 4.78 is 13.0. The highest BCUT2D eigenvalue weighted by atomic mass is 19.1. The molecule has 0 aromatic heterocycles. The molecule has 0 aliphatic heterocycles. The van der Waals surface area contributed by atoms with Gasteiger partial charge in [0, 0.05) is 23.6 Å². The molecule has 0 spiro atoms. The second kappa shape index (κ2) is 3.67. The summed E-state index contributed by atoms with van der Waals surface area (Å²) in [5.74, 6) is -0.363. The highest BCUT2D eigenvalue weighted by Gasteiger charge is 2.02. The van der Waals surface area contributed by atoms with E-state index < -0.39 is 0 Å². The summed E-state index contributed by atoms with van der Waals surface area (Å²) in [6.45, 7) is 0. The van der Waals surface area contributed by atoms with Gasteiger partial charge in [-0.2, -0.15) is 0 Å². The fourth-order valence-electron chi connectivity index (χ4n) is 0.911. The first kappa shape index (κ1) is 8.46. The molecule has 3 heteroatoms. The van der Waals surface area contributed by atoms with Gasteiger partial charge in [0.25, 0.3) is 0 Å². The standard InChI is InChI=1S/C9H9FN2/c10-9-4-2-1-3-8(9)7(5-11)6-12/h1-6,11H,12H2/b7-6+,11-5?. The molecule has 0 amide bonds. The topological polar surface area (TPSA) is 49.9 Å². The number of hydrogen-bond acceptors (Lipinski definition) is 2. The Labute approximate surface area is 70.0 Å². The SMILES string of the molecule is N=C/C(=C\N)c1ccccc1F. The Morgan fingerprint density at radius 1 is 1.42 bits per heavy atom. The van der Waals surface area contributed by atoms with Gasteiger partial charge < -0.3 is 11.1 Å². The minimum atomic E-state index is -0.363. The van der Waals surface area contributed by atoms with Gasteiger partial charge in [-0.05, 0) is 6.07 Å². The van der Waals surface area contributed by atoms with E-state index in [0.717, 1.165) is 6.21 Å². The predicted molar refractivity (Wildman–Crippen MR) is 47.3 cm³/mol. The normalized spacial score (nSPS) is 11.2. The van der Waals surface area contributed by atoms with Crippen molar-refractivity contribution in [3.05, 3.63) is 41.8 Å². The lowest BCUT2D eigenvalue weighted by Gasteiger charge is -2.00. The second-order valence-electron chi connectivity index (χ2n) is 2.25. The van der Waals surface area contributed by atoms with E-state index in [9.17, 15) is 4.39 Å². The van der Waals surface area contributed by atoms with Crippen LogP contribution in [-0.2, 0) is 0 Å². The van der Waals surface area contributed by atoms with Crippen LogP contribution in [-0.4, -0.2) is 6.21 Å². The summed E-state index contributed by atoms with van der Waals surface area (Å²) in [7, 11) is 0. The lowest BCUT2D eigenvalue weighted by molar-refractivity contribution is 0.624. The van der Waals surface area contributed by atoms with Crippen LogP contribution in [0.5, 0.6) is 0 Å². The van der Waals surface area contributed by atoms with Gasteiger partial charge in [-0.25, -0.2) is 4.39 Å². The van der Waals surface area contributed by atoms with Gasteiger partial charge in [-0.15, -0.1) is 0 Å². The maximum atomic E-state index is 13.0. The number of nitrogens with two attached hydrogens (primary N) is 1. The molecular formula is C9H9FN2. The molecule has 3 N–H and O–H groups in total. The number of benzene rings is 1. The molecule has 2 nitrogen and oxygen atoms in total. The molecule has 0 saturated heterocycles. The molecule has 0 fully saturated rings. The van der Waals surface area contributed by atoms with E-state index in [2.05, 4.69) is 0 Å². The maximum Gasteiger partial charge on any atom is 0.131 e. The van der Waals surface area contributed by atoms with E-state index in [1.165, 1.54) is 12.3 Å². The van der Waals surface area contributed by atoms with Gasteiger partial charge >= 0.3 is 0 Å². The maximum absolute atomic E-state index is 13.0. The van der Waals surface area contributed by atoms with E-state index >= 15 is 0 Å². The fraction of sp³-hybridized carbons (Fsp3) is 0. The molecule has 0 radical (unpaired) electrons. The van der Waals surface area contributed by atoms with Crippen molar-refractivity contribution in [2.45, 2.75) is 0 Å². The van der Waals surface area contributed by atoms with Gasteiger partial charge in [0.15, 0.2) is 0 Å². The fourth-order valence-corrected chi connectivity index (χ4v) is 0.911. The van der Waals surface area contributed by atoms with Crippen molar-refractivity contribution in [3.63, 3.8) is 0 Å². The van der Waals surface area contributed by atoms with Gasteiger partial charge in [-0.3, -0.25) is 0 Å². The summed E-state index contributed by atoms with van der Waals surface area (Å²) in [6, 6.07) is 6.21. The average Bonchev–Trinajstić information content (AvgIpc) is 2.10. The van der Waals surface area contributed by atoms with E-state index in [1.54, 1.807) is 18.2 Å². The Balaban J connectivity index is 3.18. The summed E-state index contributed by atoms with van der Waals surface area (Å²) in [5, 5.41) is 6.95. The molecule has 0 saturated carbocycles. The van der Waals surface area contributed by atoms with Gasteiger partial charge in [0.1, 0.15) is 5.82 Å².